The average molecular weight is 179 g/mol. The molecule has 0 saturated carbocycles. The maximum absolute atomic E-state index is 12.7. The van der Waals surface area contributed by atoms with Gasteiger partial charge < -0.3 is 4.79 Å². The highest BCUT2D eigenvalue weighted by molar-refractivity contribution is 5.56. The minimum Gasteiger partial charge on any atom is -0.303 e. The number of aromatic nitrogens is 1. The smallest absolute Gasteiger partial charge is 0.144 e. The molecule has 2 nitrogen and oxygen atoms in total. The van der Waals surface area contributed by atoms with Gasteiger partial charge in [-0.25, -0.2) is 4.39 Å². The average Bonchev–Trinajstić information content (AvgIpc) is 2.12. The van der Waals surface area contributed by atoms with Crippen molar-refractivity contribution in [2.45, 2.75) is 13.3 Å². The molecule has 0 amide bonds. The van der Waals surface area contributed by atoms with Crippen LogP contribution in [0.3, 0.4) is 0 Å². The molecule has 0 aliphatic heterocycles. The van der Waals surface area contributed by atoms with Crippen molar-refractivity contribution in [2.75, 3.05) is 0 Å². The zero-order chi connectivity index (χ0) is 9.68. The van der Waals surface area contributed by atoms with Gasteiger partial charge in [0.15, 0.2) is 0 Å². The van der Waals surface area contributed by atoms with Gasteiger partial charge in [-0.05, 0) is 25.1 Å². The van der Waals surface area contributed by atoms with E-state index in [9.17, 15) is 9.18 Å². The monoisotopic (exact) mass is 179 g/mol. The van der Waals surface area contributed by atoms with E-state index in [2.05, 4.69) is 4.98 Å². The van der Waals surface area contributed by atoms with Crippen molar-refractivity contribution < 1.29 is 9.18 Å². The second-order valence-electron chi connectivity index (χ2n) is 2.61. The van der Waals surface area contributed by atoms with Gasteiger partial charge in [0.25, 0.3) is 0 Å². The van der Waals surface area contributed by atoms with E-state index in [1.165, 1.54) is 6.07 Å². The van der Waals surface area contributed by atoms with Crippen LogP contribution in [-0.4, -0.2) is 11.3 Å². The number of hydrogen-bond acceptors (Lipinski definition) is 2. The molecule has 0 aromatic carbocycles. The molecule has 1 aromatic heterocycles. The van der Waals surface area contributed by atoms with Gasteiger partial charge in [-0.15, -0.1) is 0 Å². The van der Waals surface area contributed by atoms with Crippen molar-refractivity contribution in [1.82, 2.24) is 4.98 Å². The first-order valence-corrected chi connectivity index (χ1v) is 3.97. The summed E-state index contributed by atoms with van der Waals surface area (Å²) < 4.78 is 12.7. The molecular formula is C10H10FNO. The van der Waals surface area contributed by atoms with Crippen molar-refractivity contribution >= 4 is 12.4 Å². The number of rotatable bonds is 3. The number of aryl methyl sites for hydroxylation is 1. The number of halogens is 1. The molecule has 0 spiro atoms. The van der Waals surface area contributed by atoms with Crippen LogP contribution >= 0.6 is 0 Å². The molecule has 13 heavy (non-hydrogen) atoms. The molecule has 0 unspecified atom stereocenters. The Balaban J connectivity index is 2.79. The summed E-state index contributed by atoms with van der Waals surface area (Å²) in [5.41, 5.74) is 1.04. The van der Waals surface area contributed by atoms with Gasteiger partial charge in [0.1, 0.15) is 12.1 Å². The van der Waals surface area contributed by atoms with E-state index >= 15 is 0 Å². The summed E-state index contributed by atoms with van der Waals surface area (Å²) in [5, 5.41) is 0. The van der Waals surface area contributed by atoms with E-state index in [1.807, 2.05) is 0 Å². The van der Waals surface area contributed by atoms with E-state index in [4.69, 9.17) is 0 Å². The van der Waals surface area contributed by atoms with Crippen molar-refractivity contribution in [2.24, 2.45) is 0 Å². The summed E-state index contributed by atoms with van der Waals surface area (Å²) in [7, 11) is 0. The van der Waals surface area contributed by atoms with Crippen LogP contribution in [-0.2, 0) is 4.79 Å². The topological polar surface area (TPSA) is 30.0 Å². The molecule has 1 rings (SSSR count). The van der Waals surface area contributed by atoms with E-state index in [0.717, 1.165) is 6.29 Å². The highest BCUT2D eigenvalue weighted by atomic mass is 19.1. The van der Waals surface area contributed by atoms with Gasteiger partial charge in [0, 0.05) is 6.42 Å². The number of nitrogens with zero attached hydrogens (tertiary/aromatic N) is 1. The lowest BCUT2D eigenvalue weighted by Crippen LogP contribution is -1.89. The Morgan fingerprint density at radius 2 is 2.31 bits per heavy atom. The first-order chi connectivity index (χ1) is 6.24. The zero-order valence-corrected chi connectivity index (χ0v) is 7.33. The number of aldehydes is 1. The summed E-state index contributed by atoms with van der Waals surface area (Å²) in [6, 6.07) is 2.94. The summed E-state index contributed by atoms with van der Waals surface area (Å²) in [6.45, 7) is 1.60. The second kappa shape index (κ2) is 4.50. The lowest BCUT2D eigenvalue weighted by Gasteiger charge is -1.96. The maximum atomic E-state index is 12.7. The minimum atomic E-state index is -0.312. The van der Waals surface area contributed by atoms with Gasteiger partial charge in [0.2, 0.25) is 0 Å². The highest BCUT2D eigenvalue weighted by Crippen LogP contribution is 2.05. The van der Waals surface area contributed by atoms with Gasteiger partial charge >= 0.3 is 0 Å². The highest BCUT2D eigenvalue weighted by Gasteiger charge is 1.96. The fourth-order valence-electron chi connectivity index (χ4n) is 0.901. The lowest BCUT2D eigenvalue weighted by molar-refractivity contribution is -0.107. The van der Waals surface area contributed by atoms with Gasteiger partial charge in [-0.2, -0.15) is 0 Å². The number of hydrogen-bond donors (Lipinski definition) is 0. The van der Waals surface area contributed by atoms with Crippen molar-refractivity contribution in [3.8, 4) is 0 Å². The first kappa shape index (κ1) is 9.58. The van der Waals surface area contributed by atoms with Crippen molar-refractivity contribution in [1.29, 1.82) is 0 Å². The largest absolute Gasteiger partial charge is 0.303 e. The van der Waals surface area contributed by atoms with E-state index < -0.39 is 0 Å². The predicted molar refractivity (Wildman–Crippen MR) is 48.6 cm³/mol. The Hall–Kier alpha value is -1.51. The van der Waals surface area contributed by atoms with Gasteiger partial charge in [-0.3, -0.25) is 4.98 Å². The molecule has 0 bridgehead atoms. The molecule has 0 radical (unpaired) electrons. The third kappa shape index (κ3) is 2.78. The van der Waals surface area contributed by atoms with Crippen LogP contribution in [0.2, 0.25) is 0 Å². The van der Waals surface area contributed by atoms with Crippen LogP contribution in [0, 0.1) is 12.7 Å². The molecule has 0 atom stereocenters. The molecular weight excluding hydrogens is 169 g/mol. The van der Waals surface area contributed by atoms with Crippen LogP contribution in [0.4, 0.5) is 4.39 Å². The van der Waals surface area contributed by atoms with Gasteiger partial charge in [-0.1, -0.05) is 6.08 Å². The Kier molecular flexibility index (Phi) is 3.31. The maximum Gasteiger partial charge on any atom is 0.144 e. The van der Waals surface area contributed by atoms with Crippen molar-refractivity contribution in [3.63, 3.8) is 0 Å². The Labute approximate surface area is 76.1 Å². The Morgan fingerprint density at radius 1 is 1.54 bits per heavy atom. The van der Waals surface area contributed by atoms with Crippen LogP contribution in [0.15, 0.2) is 18.2 Å². The van der Waals surface area contributed by atoms with E-state index in [0.29, 0.717) is 17.8 Å². The summed E-state index contributed by atoms with van der Waals surface area (Å²) in [4.78, 5) is 14.0. The molecule has 0 aliphatic rings. The molecule has 68 valence electrons. The van der Waals surface area contributed by atoms with Gasteiger partial charge in [0.05, 0.1) is 11.4 Å². The fourth-order valence-corrected chi connectivity index (χ4v) is 0.901. The summed E-state index contributed by atoms with van der Waals surface area (Å²) in [5.74, 6) is -0.312. The fraction of sp³-hybridized carbons (Fsp3) is 0.200. The number of carbonyl (C=O) groups is 1. The normalized spacial score (nSPS) is 10.6. The number of allylic oxidation sites excluding steroid dienone is 1. The molecule has 3 heteroatoms. The molecule has 0 fully saturated rings. The number of pyridine rings is 1. The minimum absolute atomic E-state index is 0.312. The molecule has 0 aliphatic carbocycles. The Bertz CT molecular complexity index is 334. The summed E-state index contributed by atoms with van der Waals surface area (Å²) in [6.07, 6.45) is 4.54. The molecule has 0 saturated heterocycles. The third-order valence-electron chi connectivity index (χ3n) is 1.56. The third-order valence-corrected chi connectivity index (χ3v) is 1.56. The van der Waals surface area contributed by atoms with E-state index in [1.54, 1.807) is 25.1 Å². The standard InChI is InChI=1S/C10H10FNO/c1-8-10(11)6-5-9(12-8)4-2-3-7-13/h2,4-7H,3H2,1H3. The summed E-state index contributed by atoms with van der Waals surface area (Å²) >= 11 is 0. The predicted octanol–water partition coefficient (Wildman–Crippen LogP) is 2.13. The lowest BCUT2D eigenvalue weighted by atomic mass is 10.2. The molecule has 1 heterocycles. The quantitative estimate of drug-likeness (QED) is 0.665. The number of carbonyl (C=O) groups excluding carboxylic acids is 1. The molecule has 1 aromatic rings. The van der Waals surface area contributed by atoms with Crippen LogP contribution in [0.25, 0.3) is 6.08 Å². The molecule has 0 N–H and O–H groups in total. The SMILES string of the molecule is Cc1nc(C=CCC=O)ccc1F. The van der Waals surface area contributed by atoms with Crippen LogP contribution < -0.4 is 0 Å². The van der Waals surface area contributed by atoms with Crippen LogP contribution in [0.1, 0.15) is 17.8 Å². The van der Waals surface area contributed by atoms with Crippen molar-refractivity contribution in [3.05, 3.63) is 35.4 Å². The van der Waals surface area contributed by atoms with Crippen LogP contribution in [0.5, 0.6) is 0 Å². The van der Waals surface area contributed by atoms with E-state index in [-0.39, 0.29) is 5.82 Å². The zero-order valence-electron chi connectivity index (χ0n) is 7.33. The second-order valence-corrected chi connectivity index (χ2v) is 2.61. The Morgan fingerprint density at radius 3 is 2.92 bits per heavy atom. The first-order valence-electron chi connectivity index (χ1n) is 3.97.